The summed E-state index contributed by atoms with van der Waals surface area (Å²) in [6.07, 6.45) is -0.978. The first-order chi connectivity index (χ1) is 11.6. The van der Waals surface area contributed by atoms with Gasteiger partial charge in [0.1, 0.15) is 0 Å². The van der Waals surface area contributed by atoms with E-state index in [1.54, 1.807) is 0 Å². The van der Waals surface area contributed by atoms with Crippen molar-refractivity contribution in [2.75, 3.05) is 13.1 Å². The third kappa shape index (κ3) is 3.56. The van der Waals surface area contributed by atoms with Gasteiger partial charge in [-0.3, -0.25) is 4.79 Å². The Morgan fingerprint density at radius 3 is 2.25 bits per heavy atom. The molecule has 1 aliphatic rings. The van der Waals surface area contributed by atoms with Gasteiger partial charge in [0.05, 0.1) is 5.92 Å². The number of carbonyl (C=O) groups is 2. The number of amides is 2. The minimum absolute atomic E-state index is 0.101. The van der Waals surface area contributed by atoms with Crippen LogP contribution >= 0.6 is 0 Å². The minimum atomic E-state index is -0.978. The standard InChI is InChI=1S/C19H20N2O3/c22-18(20-11-14-7-3-1-4-8-14)17-13-21(19(23)24)12-16(17)15-9-5-2-6-10-15/h1-10,16-17H,11-13H2,(H,20,22)(H,23,24)/t16-,17+/m1/s1. The highest BCUT2D eigenvalue weighted by Crippen LogP contribution is 2.32. The molecule has 0 saturated carbocycles. The zero-order valence-corrected chi connectivity index (χ0v) is 13.3. The van der Waals surface area contributed by atoms with Crippen LogP contribution in [-0.4, -0.2) is 35.1 Å². The van der Waals surface area contributed by atoms with Crippen molar-refractivity contribution in [2.24, 2.45) is 5.92 Å². The topological polar surface area (TPSA) is 69.6 Å². The molecule has 0 bridgehead atoms. The molecule has 0 radical (unpaired) electrons. The molecule has 0 aliphatic carbocycles. The lowest BCUT2D eigenvalue weighted by molar-refractivity contribution is -0.125. The Balaban J connectivity index is 1.73. The van der Waals surface area contributed by atoms with Gasteiger partial charge in [0.2, 0.25) is 5.91 Å². The number of carbonyl (C=O) groups excluding carboxylic acids is 1. The van der Waals surface area contributed by atoms with Crippen LogP contribution in [0.25, 0.3) is 0 Å². The van der Waals surface area contributed by atoms with Crippen molar-refractivity contribution < 1.29 is 14.7 Å². The second-order valence-electron chi connectivity index (χ2n) is 6.01. The van der Waals surface area contributed by atoms with Crippen molar-refractivity contribution in [2.45, 2.75) is 12.5 Å². The highest BCUT2D eigenvalue weighted by atomic mass is 16.4. The van der Waals surface area contributed by atoms with E-state index in [4.69, 9.17) is 0 Å². The maximum atomic E-state index is 12.6. The predicted octanol–water partition coefficient (Wildman–Crippen LogP) is 2.70. The van der Waals surface area contributed by atoms with Crippen LogP contribution in [0.3, 0.4) is 0 Å². The molecule has 1 fully saturated rings. The van der Waals surface area contributed by atoms with E-state index in [0.717, 1.165) is 11.1 Å². The van der Waals surface area contributed by atoms with Crippen LogP contribution in [0, 0.1) is 5.92 Å². The lowest BCUT2D eigenvalue weighted by Crippen LogP contribution is -2.35. The van der Waals surface area contributed by atoms with E-state index >= 15 is 0 Å². The smallest absolute Gasteiger partial charge is 0.407 e. The van der Waals surface area contributed by atoms with Gasteiger partial charge < -0.3 is 15.3 Å². The molecular weight excluding hydrogens is 304 g/mol. The van der Waals surface area contributed by atoms with Crippen LogP contribution in [0.2, 0.25) is 0 Å². The number of nitrogens with zero attached hydrogens (tertiary/aromatic N) is 1. The van der Waals surface area contributed by atoms with Gasteiger partial charge in [0, 0.05) is 25.6 Å². The van der Waals surface area contributed by atoms with Gasteiger partial charge in [-0.15, -0.1) is 0 Å². The van der Waals surface area contributed by atoms with Crippen LogP contribution in [-0.2, 0) is 11.3 Å². The second-order valence-corrected chi connectivity index (χ2v) is 6.01. The van der Waals surface area contributed by atoms with Crippen molar-refractivity contribution >= 4 is 12.0 Å². The van der Waals surface area contributed by atoms with E-state index in [-0.39, 0.29) is 24.3 Å². The fourth-order valence-electron chi connectivity index (χ4n) is 3.18. The van der Waals surface area contributed by atoms with E-state index in [1.165, 1.54) is 4.90 Å². The minimum Gasteiger partial charge on any atom is -0.465 e. The summed E-state index contributed by atoms with van der Waals surface area (Å²) in [6.45, 7) is 1.03. The number of rotatable bonds is 4. The summed E-state index contributed by atoms with van der Waals surface area (Å²) in [5.74, 6) is -0.582. The molecule has 24 heavy (non-hydrogen) atoms. The van der Waals surface area contributed by atoms with Crippen LogP contribution in [0.1, 0.15) is 17.0 Å². The molecule has 2 amide bonds. The van der Waals surface area contributed by atoms with Crippen LogP contribution in [0.5, 0.6) is 0 Å². The van der Waals surface area contributed by atoms with Gasteiger partial charge in [-0.05, 0) is 11.1 Å². The van der Waals surface area contributed by atoms with Gasteiger partial charge in [0.25, 0.3) is 0 Å². The van der Waals surface area contributed by atoms with E-state index in [1.807, 2.05) is 60.7 Å². The Labute approximate surface area is 140 Å². The summed E-state index contributed by atoms with van der Waals surface area (Å²) in [4.78, 5) is 25.3. The molecule has 2 aromatic rings. The van der Waals surface area contributed by atoms with Crippen LogP contribution in [0.15, 0.2) is 60.7 Å². The molecule has 2 atom stereocenters. The maximum Gasteiger partial charge on any atom is 0.407 e. The Morgan fingerprint density at radius 1 is 1.00 bits per heavy atom. The first-order valence-corrected chi connectivity index (χ1v) is 7.99. The van der Waals surface area contributed by atoms with E-state index < -0.39 is 6.09 Å². The molecular formula is C19H20N2O3. The number of benzene rings is 2. The van der Waals surface area contributed by atoms with E-state index in [0.29, 0.717) is 13.1 Å². The van der Waals surface area contributed by atoms with Gasteiger partial charge >= 0.3 is 6.09 Å². The summed E-state index contributed by atoms with van der Waals surface area (Å²) in [5, 5.41) is 12.2. The van der Waals surface area contributed by atoms with Crippen molar-refractivity contribution in [3.8, 4) is 0 Å². The summed E-state index contributed by atoms with van der Waals surface area (Å²) >= 11 is 0. The first kappa shape index (κ1) is 16.1. The molecule has 1 saturated heterocycles. The first-order valence-electron chi connectivity index (χ1n) is 7.99. The average molecular weight is 324 g/mol. The normalized spacial score (nSPS) is 19.9. The quantitative estimate of drug-likeness (QED) is 0.908. The molecule has 0 spiro atoms. The number of hydrogen-bond acceptors (Lipinski definition) is 2. The molecule has 0 unspecified atom stereocenters. The third-order valence-electron chi connectivity index (χ3n) is 4.46. The van der Waals surface area contributed by atoms with Crippen molar-refractivity contribution in [3.63, 3.8) is 0 Å². The molecule has 5 nitrogen and oxygen atoms in total. The molecule has 0 aromatic heterocycles. The Bertz CT molecular complexity index is 703. The predicted molar refractivity (Wildman–Crippen MR) is 90.6 cm³/mol. The second kappa shape index (κ2) is 7.17. The lowest BCUT2D eigenvalue weighted by atomic mass is 9.88. The number of carboxylic acid groups (broad SMARTS) is 1. The van der Waals surface area contributed by atoms with Gasteiger partial charge in [-0.25, -0.2) is 4.79 Å². The summed E-state index contributed by atoms with van der Waals surface area (Å²) < 4.78 is 0. The van der Waals surface area contributed by atoms with Gasteiger partial charge in [-0.1, -0.05) is 60.7 Å². The Morgan fingerprint density at radius 2 is 1.62 bits per heavy atom. The monoisotopic (exact) mass is 324 g/mol. The fraction of sp³-hybridized carbons (Fsp3) is 0.263. The molecule has 1 aliphatic heterocycles. The van der Waals surface area contributed by atoms with Crippen LogP contribution in [0.4, 0.5) is 4.79 Å². The largest absolute Gasteiger partial charge is 0.465 e. The summed E-state index contributed by atoms with van der Waals surface area (Å²) in [5.41, 5.74) is 2.02. The molecule has 2 N–H and O–H groups in total. The Hall–Kier alpha value is -2.82. The highest BCUT2D eigenvalue weighted by Gasteiger charge is 2.40. The fourth-order valence-corrected chi connectivity index (χ4v) is 3.18. The maximum absolute atomic E-state index is 12.6. The van der Waals surface area contributed by atoms with Crippen molar-refractivity contribution in [1.29, 1.82) is 0 Å². The van der Waals surface area contributed by atoms with Gasteiger partial charge in [-0.2, -0.15) is 0 Å². The highest BCUT2D eigenvalue weighted by molar-refractivity contribution is 5.81. The zero-order chi connectivity index (χ0) is 16.9. The van der Waals surface area contributed by atoms with Crippen molar-refractivity contribution in [1.82, 2.24) is 10.2 Å². The molecule has 124 valence electrons. The lowest BCUT2D eigenvalue weighted by Gasteiger charge is -2.18. The Kier molecular flexibility index (Phi) is 4.79. The SMILES string of the molecule is O=C(NCc1ccccc1)[C@H]1CN(C(=O)O)C[C@@H]1c1ccccc1. The molecule has 1 heterocycles. The zero-order valence-electron chi connectivity index (χ0n) is 13.3. The molecule has 3 rings (SSSR count). The van der Waals surface area contributed by atoms with Crippen LogP contribution < -0.4 is 5.32 Å². The number of hydrogen-bond donors (Lipinski definition) is 2. The molecule has 5 heteroatoms. The summed E-state index contributed by atoms with van der Waals surface area (Å²) in [6, 6.07) is 19.3. The molecule has 2 aromatic carbocycles. The summed E-state index contributed by atoms with van der Waals surface area (Å²) in [7, 11) is 0. The van der Waals surface area contributed by atoms with Gasteiger partial charge in [0.15, 0.2) is 0 Å². The third-order valence-corrected chi connectivity index (χ3v) is 4.46. The average Bonchev–Trinajstić information content (AvgIpc) is 3.07. The van der Waals surface area contributed by atoms with E-state index in [2.05, 4.69) is 5.32 Å². The van der Waals surface area contributed by atoms with E-state index in [9.17, 15) is 14.7 Å². The number of nitrogens with one attached hydrogen (secondary N) is 1. The van der Waals surface area contributed by atoms with Crippen molar-refractivity contribution in [3.05, 3.63) is 71.8 Å². The number of likely N-dealkylation sites (tertiary alicyclic amines) is 1.